The number of aromatic hydroxyl groups is 1. The quantitative estimate of drug-likeness (QED) is 0.0927. The molecular weight excluding hydrogens is 666 g/mol. The summed E-state index contributed by atoms with van der Waals surface area (Å²) in [6, 6.07) is 28.0. The summed E-state index contributed by atoms with van der Waals surface area (Å²) in [5.74, 6) is 0.164. The summed E-state index contributed by atoms with van der Waals surface area (Å²) in [6.07, 6.45) is 1.39. The second kappa shape index (κ2) is 15.1. The number of nitrogens with one attached hydrogen (secondary N) is 2. The molecule has 0 bridgehead atoms. The van der Waals surface area contributed by atoms with E-state index in [0.29, 0.717) is 45.7 Å². The van der Waals surface area contributed by atoms with Gasteiger partial charge in [0.15, 0.2) is 6.10 Å². The number of halogens is 2. The molecule has 5 N–H and O–H groups in total. The Morgan fingerprint density at radius 3 is 2.31 bits per heavy atom. The maximum atomic E-state index is 13.1. The number of anilines is 3. The zero-order valence-corrected chi connectivity index (χ0v) is 25.5. The molecule has 0 aromatic heterocycles. The molecule has 0 aliphatic rings. The minimum absolute atomic E-state index is 0.0586. The van der Waals surface area contributed by atoms with E-state index in [-0.39, 0.29) is 11.7 Å². The highest BCUT2D eigenvalue weighted by molar-refractivity contribution is 9.10. The average molecular weight is 695 g/mol. The third kappa shape index (κ3) is 9.12. The van der Waals surface area contributed by atoms with Gasteiger partial charge in [0.1, 0.15) is 17.6 Å². The van der Waals surface area contributed by atoms with Crippen molar-refractivity contribution in [1.82, 2.24) is 0 Å². The van der Waals surface area contributed by atoms with Crippen molar-refractivity contribution in [2.45, 2.75) is 25.0 Å². The van der Waals surface area contributed by atoms with E-state index in [4.69, 9.17) is 15.2 Å². The molecular formula is C32H29Br2N3O5. The molecule has 216 valence electrons. The first kappa shape index (κ1) is 30.7. The van der Waals surface area contributed by atoms with Crippen LogP contribution in [0, 0.1) is 0 Å². The molecule has 10 heteroatoms. The first-order valence-electron chi connectivity index (χ1n) is 13.0. The topological polar surface area (TPSA) is 123 Å². The van der Waals surface area contributed by atoms with Gasteiger partial charge in [0, 0.05) is 20.2 Å². The van der Waals surface area contributed by atoms with Crippen LogP contribution in [-0.2, 0) is 9.53 Å². The molecule has 0 unspecified atom stereocenters. The lowest BCUT2D eigenvalue weighted by molar-refractivity contribution is -0.111. The van der Waals surface area contributed by atoms with E-state index in [1.807, 2.05) is 18.2 Å². The number of phenolic OH excluding ortho intramolecular Hbond substituents is 1. The number of rotatable bonds is 11. The van der Waals surface area contributed by atoms with Crippen molar-refractivity contribution in [3.8, 4) is 11.5 Å². The van der Waals surface area contributed by atoms with E-state index in [1.54, 1.807) is 78.9 Å². The molecule has 0 saturated carbocycles. The molecule has 0 aliphatic carbocycles. The number of nitrogen functional groups attached to an aromatic ring is 1. The highest BCUT2D eigenvalue weighted by Crippen LogP contribution is 2.36. The van der Waals surface area contributed by atoms with Crippen LogP contribution < -0.4 is 21.1 Å². The van der Waals surface area contributed by atoms with Crippen molar-refractivity contribution >= 4 is 60.9 Å². The van der Waals surface area contributed by atoms with Gasteiger partial charge in [-0.2, -0.15) is 0 Å². The Kier molecular flexibility index (Phi) is 11.0. The molecule has 4 aromatic carbocycles. The van der Waals surface area contributed by atoms with E-state index in [9.17, 15) is 14.7 Å². The second-order valence-electron chi connectivity index (χ2n) is 9.19. The minimum Gasteiger partial charge on any atom is -0.508 e. The van der Waals surface area contributed by atoms with Crippen molar-refractivity contribution in [2.24, 2.45) is 0 Å². The summed E-state index contributed by atoms with van der Waals surface area (Å²) in [4.78, 5) is 25.6. The van der Waals surface area contributed by atoms with Gasteiger partial charge < -0.3 is 25.6 Å². The summed E-state index contributed by atoms with van der Waals surface area (Å²) in [5, 5.41) is 16.3. The van der Waals surface area contributed by atoms with Gasteiger partial charge in [0.05, 0.1) is 11.4 Å². The zero-order valence-electron chi connectivity index (χ0n) is 22.4. The fourth-order valence-electron chi connectivity index (χ4n) is 4.07. The minimum atomic E-state index is -1.01. The third-order valence-corrected chi connectivity index (χ3v) is 7.12. The molecule has 0 spiro atoms. The van der Waals surface area contributed by atoms with Gasteiger partial charge >= 0.3 is 6.09 Å². The van der Waals surface area contributed by atoms with Gasteiger partial charge in [-0.05, 0) is 85.6 Å². The summed E-state index contributed by atoms with van der Waals surface area (Å²) in [7, 11) is 0. The molecule has 4 aromatic rings. The highest BCUT2D eigenvalue weighted by Gasteiger charge is 2.31. The predicted molar refractivity (Wildman–Crippen MR) is 172 cm³/mol. The van der Waals surface area contributed by atoms with Gasteiger partial charge in [-0.25, -0.2) is 4.79 Å². The predicted octanol–water partition coefficient (Wildman–Crippen LogP) is 8.21. The number of carbonyl (C=O) groups is 2. The number of hydrogen-bond acceptors (Lipinski definition) is 6. The molecule has 0 heterocycles. The lowest BCUT2D eigenvalue weighted by Crippen LogP contribution is -2.31. The van der Waals surface area contributed by atoms with Crippen LogP contribution in [0.25, 0.3) is 0 Å². The SMILES string of the molecule is Nc1ccccc1NC(=O)/C=C/CC[C@H](Oc1ccccc1)[C@@H](OC(=O)Nc1ccc(Br)cc1)c1cc(Br)ccc1O. The zero-order chi connectivity index (χ0) is 29.9. The van der Waals surface area contributed by atoms with Gasteiger partial charge in [-0.15, -0.1) is 0 Å². The number of carbonyl (C=O) groups excluding carboxylic acids is 2. The van der Waals surface area contributed by atoms with Crippen LogP contribution in [0.3, 0.4) is 0 Å². The van der Waals surface area contributed by atoms with Gasteiger partial charge in [-0.3, -0.25) is 10.1 Å². The fraction of sp³-hybridized carbons (Fsp3) is 0.125. The smallest absolute Gasteiger partial charge is 0.412 e. The van der Waals surface area contributed by atoms with Gasteiger partial charge in [0.25, 0.3) is 0 Å². The number of benzene rings is 4. The lowest BCUT2D eigenvalue weighted by Gasteiger charge is -2.28. The number of hydrogen-bond donors (Lipinski definition) is 4. The molecule has 8 nitrogen and oxygen atoms in total. The Morgan fingerprint density at radius 1 is 0.881 bits per heavy atom. The number of nitrogens with two attached hydrogens (primary N) is 1. The van der Waals surface area contributed by atoms with Crippen LogP contribution in [0.2, 0.25) is 0 Å². The second-order valence-corrected chi connectivity index (χ2v) is 11.0. The monoisotopic (exact) mass is 693 g/mol. The van der Waals surface area contributed by atoms with Crippen molar-refractivity contribution in [2.75, 3.05) is 16.4 Å². The van der Waals surface area contributed by atoms with E-state index in [2.05, 4.69) is 42.5 Å². The van der Waals surface area contributed by atoms with Crippen LogP contribution in [0.15, 0.2) is 118 Å². The number of phenols is 1. The Labute approximate surface area is 260 Å². The van der Waals surface area contributed by atoms with E-state index in [0.717, 1.165) is 4.47 Å². The Hall–Kier alpha value is -4.28. The van der Waals surface area contributed by atoms with E-state index < -0.39 is 18.3 Å². The summed E-state index contributed by atoms with van der Waals surface area (Å²) < 4.78 is 13.8. The first-order chi connectivity index (χ1) is 20.3. The van der Waals surface area contributed by atoms with Crippen molar-refractivity contribution in [1.29, 1.82) is 0 Å². The highest BCUT2D eigenvalue weighted by atomic mass is 79.9. The number of allylic oxidation sites excluding steroid dienone is 1. The Morgan fingerprint density at radius 2 is 1.57 bits per heavy atom. The number of amides is 2. The van der Waals surface area contributed by atoms with Crippen LogP contribution in [0.1, 0.15) is 24.5 Å². The largest absolute Gasteiger partial charge is 0.508 e. The molecule has 4 rings (SSSR count). The maximum absolute atomic E-state index is 13.1. The Bertz CT molecular complexity index is 1530. The average Bonchev–Trinajstić information content (AvgIpc) is 2.98. The van der Waals surface area contributed by atoms with Crippen LogP contribution >= 0.6 is 31.9 Å². The molecule has 42 heavy (non-hydrogen) atoms. The molecule has 0 radical (unpaired) electrons. The molecule has 2 amide bonds. The summed E-state index contributed by atoms with van der Waals surface area (Å²) in [6.45, 7) is 0. The van der Waals surface area contributed by atoms with E-state index >= 15 is 0 Å². The maximum Gasteiger partial charge on any atom is 0.412 e. The number of ether oxygens (including phenoxy) is 2. The van der Waals surface area contributed by atoms with Gasteiger partial charge in [-0.1, -0.05) is 68.3 Å². The number of para-hydroxylation sites is 3. The molecule has 0 aliphatic heterocycles. The van der Waals surface area contributed by atoms with Crippen molar-refractivity contribution < 1.29 is 24.2 Å². The molecule has 0 fully saturated rings. The van der Waals surface area contributed by atoms with Crippen molar-refractivity contribution in [3.05, 3.63) is 124 Å². The fourth-order valence-corrected chi connectivity index (χ4v) is 4.71. The normalized spacial score (nSPS) is 12.3. The molecule has 2 atom stereocenters. The van der Waals surface area contributed by atoms with Crippen LogP contribution in [0.5, 0.6) is 11.5 Å². The Balaban J connectivity index is 1.56. The van der Waals surface area contributed by atoms with Gasteiger partial charge in [0.2, 0.25) is 5.91 Å². The van der Waals surface area contributed by atoms with Crippen molar-refractivity contribution in [3.63, 3.8) is 0 Å². The summed E-state index contributed by atoms with van der Waals surface area (Å²) in [5.41, 5.74) is 7.79. The standard InChI is InChI=1S/C32H29Br2N3O5/c33-21-14-17-23(18-15-21)36-32(40)42-31(25-20-22(34)16-19-28(25)38)29(41-24-8-2-1-3-9-24)12-6-7-13-30(39)37-27-11-5-4-10-26(27)35/h1-5,7-11,13-20,29,31,38H,6,12,35H2,(H,36,40)(H,37,39)/b13-7+/t29-,31-/m0/s1. The third-order valence-electron chi connectivity index (χ3n) is 6.09. The van der Waals surface area contributed by atoms with Crippen LogP contribution in [-0.4, -0.2) is 23.2 Å². The summed E-state index contributed by atoms with van der Waals surface area (Å²) >= 11 is 6.82. The van der Waals surface area contributed by atoms with Crippen LogP contribution in [0.4, 0.5) is 21.9 Å². The van der Waals surface area contributed by atoms with E-state index in [1.165, 1.54) is 12.1 Å². The lowest BCUT2D eigenvalue weighted by atomic mass is 9.99. The first-order valence-corrected chi connectivity index (χ1v) is 14.6. The molecule has 0 saturated heterocycles.